The number of aryl methyl sites for hydroxylation is 1. The molecule has 2 aliphatic heterocycles. The summed E-state index contributed by atoms with van der Waals surface area (Å²) in [4.78, 5) is 19.5. The van der Waals surface area contributed by atoms with Crippen LogP contribution in [0.2, 0.25) is 0 Å². The van der Waals surface area contributed by atoms with Crippen molar-refractivity contribution in [3.8, 4) is 0 Å². The first-order chi connectivity index (χ1) is 12.6. The number of piperidine rings is 1. The van der Waals surface area contributed by atoms with Gasteiger partial charge in [-0.1, -0.05) is 6.92 Å². The minimum atomic E-state index is -0.0490. The molecule has 0 radical (unpaired) electrons. The van der Waals surface area contributed by atoms with Crippen LogP contribution in [0.3, 0.4) is 0 Å². The predicted molar refractivity (Wildman–Crippen MR) is 94.9 cm³/mol. The van der Waals surface area contributed by atoms with Crippen molar-refractivity contribution >= 4 is 5.91 Å². The maximum absolute atomic E-state index is 13.0. The van der Waals surface area contributed by atoms with Gasteiger partial charge in [0.25, 0.3) is 5.91 Å². The minimum Gasteiger partial charge on any atom is -0.369 e. The molecular weight excluding hydrogens is 332 g/mol. The number of nitrogens with one attached hydrogen (secondary N) is 2. The molecule has 0 unspecified atom stereocenters. The molecule has 2 aliphatic rings. The molecular formula is C18H26N6O2. The van der Waals surface area contributed by atoms with Crippen molar-refractivity contribution in [3.63, 3.8) is 0 Å². The molecule has 2 N–H and O–H groups in total. The summed E-state index contributed by atoms with van der Waals surface area (Å²) in [5, 5.41) is 14.7. The molecule has 1 amide bonds. The van der Waals surface area contributed by atoms with Gasteiger partial charge in [0.2, 0.25) is 0 Å². The molecule has 26 heavy (non-hydrogen) atoms. The van der Waals surface area contributed by atoms with Crippen LogP contribution >= 0.6 is 0 Å². The Hall–Kier alpha value is -2.22. The summed E-state index contributed by atoms with van der Waals surface area (Å²) >= 11 is 0. The highest BCUT2D eigenvalue weighted by molar-refractivity contribution is 5.94. The van der Waals surface area contributed by atoms with E-state index in [0.29, 0.717) is 24.7 Å². The normalized spacial score (nSPS) is 23.9. The third-order valence-corrected chi connectivity index (χ3v) is 5.47. The first kappa shape index (κ1) is 17.2. The Labute approximate surface area is 152 Å². The number of carbonyl (C=O) groups excluding carboxylic acids is 1. The monoisotopic (exact) mass is 358 g/mol. The Bertz CT molecular complexity index is 789. The van der Waals surface area contributed by atoms with E-state index < -0.39 is 0 Å². The lowest BCUT2D eigenvalue weighted by Crippen LogP contribution is -2.39. The molecule has 0 aliphatic carbocycles. The molecule has 140 valence electrons. The number of fused-ring (bicyclic) bond motifs is 1. The van der Waals surface area contributed by atoms with Gasteiger partial charge in [0, 0.05) is 37.4 Å². The highest BCUT2D eigenvalue weighted by Gasteiger charge is 2.33. The van der Waals surface area contributed by atoms with Gasteiger partial charge in [-0.25, -0.2) is 4.98 Å². The molecule has 2 atom stereocenters. The van der Waals surface area contributed by atoms with Crippen LogP contribution in [0.15, 0.2) is 0 Å². The summed E-state index contributed by atoms with van der Waals surface area (Å²) in [6.07, 6.45) is 3.41. The van der Waals surface area contributed by atoms with Crippen LogP contribution in [0.25, 0.3) is 0 Å². The average Bonchev–Trinajstić information content (AvgIpc) is 3.28. The van der Waals surface area contributed by atoms with Gasteiger partial charge in [0.05, 0.1) is 17.9 Å². The number of amides is 1. The van der Waals surface area contributed by atoms with Gasteiger partial charge in [-0.2, -0.15) is 10.2 Å². The second-order valence-corrected chi connectivity index (χ2v) is 7.32. The van der Waals surface area contributed by atoms with Crippen LogP contribution in [0, 0.1) is 0 Å². The molecule has 0 bridgehead atoms. The number of H-pyrrole nitrogens is 2. The summed E-state index contributed by atoms with van der Waals surface area (Å²) in [6, 6.07) is 0. The molecule has 4 heterocycles. The highest BCUT2D eigenvalue weighted by Crippen LogP contribution is 2.32. The third kappa shape index (κ3) is 3.02. The molecule has 1 saturated heterocycles. The Morgan fingerprint density at radius 1 is 1.23 bits per heavy atom. The number of rotatable bonds is 3. The molecule has 2 aromatic heterocycles. The quantitative estimate of drug-likeness (QED) is 0.875. The highest BCUT2D eigenvalue weighted by atomic mass is 16.5. The largest absolute Gasteiger partial charge is 0.369 e. The zero-order chi connectivity index (χ0) is 18.3. The Morgan fingerprint density at radius 2 is 2.00 bits per heavy atom. The molecule has 4 rings (SSSR count). The van der Waals surface area contributed by atoms with Crippen LogP contribution in [-0.2, 0) is 17.6 Å². The van der Waals surface area contributed by atoms with Crippen LogP contribution in [0.1, 0.15) is 79.0 Å². The molecule has 0 aromatic carbocycles. The van der Waals surface area contributed by atoms with E-state index in [1.165, 1.54) is 0 Å². The number of likely N-dealkylation sites (tertiary alicyclic amines) is 1. The van der Waals surface area contributed by atoms with E-state index in [-0.39, 0.29) is 18.1 Å². The van der Waals surface area contributed by atoms with E-state index >= 15 is 0 Å². The lowest BCUT2D eigenvalue weighted by Gasteiger charge is -2.31. The second-order valence-electron chi connectivity index (χ2n) is 7.32. The molecule has 1 fully saturated rings. The summed E-state index contributed by atoms with van der Waals surface area (Å²) in [7, 11) is 0. The number of hydrogen-bond donors (Lipinski definition) is 2. The van der Waals surface area contributed by atoms with Crippen molar-refractivity contribution in [2.45, 2.75) is 64.6 Å². The van der Waals surface area contributed by atoms with E-state index in [1.807, 2.05) is 18.7 Å². The van der Waals surface area contributed by atoms with Crippen molar-refractivity contribution in [3.05, 3.63) is 28.6 Å². The van der Waals surface area contributed by atoms with Gasteiger partial charge in [0.15, 0.2) is 11.5 Å². The SMILES string of the molecule is CCc1nc(C2CCN(C(=O)c3n[nH]c4c3C[C@H](C)O[C@@H]4C)CC2)n[nH]1. The van der Waals surface area contributed by atoms with Crippen molar-refractivity contribution in [2.75, 3.05) is 13.1 Å². The smallest absolute Gasteiger partial charge is 0.274 e. The first-order valence-electron chi connectivity index (χ1n) is 9.49. The maximum atomic E-state index is 13.0. The number of hydrogen-bond acceptors (Lipinski definition) is 5. The molecule has 8 heteroatoms. The molecule has 2 aromatic rings. The number of nitrogens with zero attached hydrogens (tertiary/aromatic N) is 4. The standard InChI is InChI=1S/C18H26N6O2/c1-4-14-19-17(23-20-14)12-5-7-24(8-6-12)18(25)16-13-9-10(2)26-11(3)15(13)21-22-16/h10-12H,4-9H2,1-3H3,(H,21,22)(H,19,20,23)/t10-,11+/m0/s1. The summed E-state index contributed by atoms with van der Waals surface area (Å²) in [5.74, 6) is 2.14. The van der Waals surface area contributed by atoms with E-state index in [9.17, 15) is 4.79 Å². The van der Waals surface area contributed by atoms with Crippen molar-refractivity contribution < 1.29 is 9.53 Å². The van der Waals surface area contributed by atoms with Gasteiger partial charge >= 0.3 is 0 Å². The van der Waals surface area contributed by atoms with Crippen molar-refractivity contribution in [1.82, 2.24) is 30.3 Å². The summed E-state index contributed by atoms with van der Waals surface area (Å²) in [6.45, 7) is 7.51. The minimum absolute atomic E-state index is 0.0199. The van der Waals surface area contributed by atoms with E-state index in [4.69, 9.17) is 4.74 Å². The number of ether oxygens (including phenoxy) is 1. The fourth-order valence-electron chi connectivity index (χ4n) is 3.99. The number of aromatic amines is 2. The lowest BCUT2D eigenvalue weighted by atomic mass is 9.95. The number of carbonyl (C=O) groups is 1. The van der Waals surface area contributed by atoms with E-state index in [0.717, 1.165) is 48.6 Å². The Morgan fingerprint density at radius 3 is 2.69 bits per heavy atom. The van der Waals surface area contributed by atoms with Gasteiger partial charge < -0.3 is 9.64 Å². The van der Waals surface area contributed by atoms with E-state index in [2.05, 4.69) is 32.3 Å². The average molecular weight is 358 g/mol. The van der Waals surface area contributed by atoms with Crippen molar-refractivity contribution in [1.29, 1.82) is 0 Å². The number of aromatic nitrogens is 5. The predicted octanol–water partition coefficient (Wildman–Crippen LogP) is 2.13. The topological polar surface area (TPSA) is 99.8 Å². The maximum Gasteiger partial charge on any atom is 0.274 e. The van der Waals surface area contributed by atoms with Crippen LogP contribution in [-0.4, -0.2) is 55.4 Å². The Balaban J connectivity index is 1.44. The second kappa shape index (κ2) is 6.83. The zero-order valence-corrected chi connectivity index (χ0v) is 15.6. The Kier molecular flexibility index (Phi) is 4.52. The van der Waals surface area contributed by atoms with E-state index in [1.54, 1.807) is 0 Å². The molecule has 8 nitrogen and oxygen atoms in total. The van der Waals surface area contributed by atoms with Crippen LogP contribution < -0.4 is 0 Å². The first-order valence-corrected chi connectivity index (χ1v) is 9.49. The molecule has 0 spiro atoms. The van der Waals surface area contributed by atoms with Gasteiger partial charge in [-0.05, 0) is 26.7 Å². The fourth-order valence-corrected chi connectivity index (χ4v) is 3.99. The zero-order valence-electron chi connectivity index (χ0n) is 15.6. The van der Waals surface area contributed by atoms with Gasteiger partial charge in [-0.15, -0.1) is 0 Å². The van der Waals surface area contributed by atoms with Crippen LogP contribution in [0.5, 0.6) is 0 Å². The summed E-state index contributed by atoms with van der Waals surface area (Å²) < 4.78 is 5.81. The van der Waals surface area contributed by atoms with Crippen LogP contribution in [0.4, 0.5) is 0 Å². The lowest BCUT2D eigenvalue weighted by molar-refractivity contribution is -0.00703. The molecule has 0 saturated carbocycles. The van der Waals surface area contributed by atoms with Gasteiger partial charge in [0.1, 0.15) is 5.82 Å². The fraction of sp³-hybridized carbons (Fsp3) is 0.667. The third-order valence-electron chi connectivity index (χ3n) is 5.47. The van der Waals surface area contributed by atoms with Crippen molar-refractivity contribution in [2.24, 2.45) is 0 Å². The van der Waals surface area contributed by atoms with Gasteiger partial charge in [-0.3, -0.25) is 15.0 Å². The summed E-state index contributed by atoms with van der Waals surface area (Å²) in [5.41, 5.74) is 2.52.